The number of carbonyl (C=O) groups is 1. The van der Waals surface area contributed by atoms with Gasteiger partial charge in [0.15, 0.2) is 0 Å². The van der Waals surface area contributed by atoms with Crippen LogP contribution in [0.5, 0.6) is 0 Å². The van der Waals surface area contributed by atoms with Crippen molar-refractivity contribution in [2.75, 3.05) is 26.2 Å². The average Bonchev–Trinajstić information content (AvgIpc) is 2.84. The molecule has 126 valence electrons. The molecule has 0 bridgehead atoms. The van der Waals surface area contributed by atoms with E-state index in [-0.39, 0.29) is 6.03 Å². The highest BCUT2D eigenvalue weighted by Gasteiger charge is 2.28. The molecule has 1 saturated carbocycles. The third-order valence-corrected chi connectivity index (χ3v) is 5.84. The zero-order valence-electron chi connectivity index (χ0n) is 14.1. The monoisotopic (exact) mass is 307 g/mol. The normalized spacial score (nSPS) is 26.6. The smallest absolute Gasteiger partial charge is 0.317 e. The summed E-state index contributed by atoms with van der Waals surface area (Å²) < 4.78 is 0. The molecule has 2 saturated heterocycles. The Hall–Kier alpha value is -0.770. The first-order valence-electron chi connectivity index (χ1n) is 9.62. The van der Waals surface area contributed by atoms with Gasteiger partial charge >= 0.3 is 6.03 Å². The lowest BCUT2D eigenvalue weighted by atomic mass is 10.00. The number of urea groups is 1. The molecule has 0 aromatic heterocycles. The van der Waals surface area contributed by atoms with E-state index in [9.17, 15) is 4.79 Å². The maximum atomic E-state index is 12.5. The van der Waals surface area contributed by atoms with Gasteiger partial charge in [-0.25, -0.2) is 4.79 Å². The molecule has 4 heteroatoms. The maximum Gasteiger partial charge on any atom is 0.317 e. The third kappa shape index (κ3) is 4.37. The van der Waals surface area contributed by atoms with Crippen LogP contribution in [0.4, 0.5) is 4.79 Å². The topological polar surface area (TPSA) is 35.6 Å². The minimum absolute atomic E-state index is 0.198. The lowest BCUT2D eigenvalue weighted by Crippen LogP contribution is -2.52. The van der Waals surface area contributed by atoms with Gasteiger partial charge in [0.2, 0.25) is 0 Å². The first-order chi connectivity index (χ1) is 10.8. The van der Waals surface area contributed by atoms with Crippen LogP contribution in [0.15, 0.2) is 0 Å². The van der Waals surface area contributed by atoms with Gasteiger partial charge in [-0.05, 0) is 51.6 Å². The molecule has 22 heavy (non-hydrogen) atoms. The summed E-state index contributed by atoms with van der Waals surface area (Å²) in [6.07, 6.45) is 14.1. The van der Waals surface area contributed by atoms with Gasteiger partial charge in [0.25, 0.3) is 0 Å². The van der Waals surface area contributed by atoms with Crippen LogP contribution in [0, 0.1) is 0 Å². The van der Waals surface area contributed by atoms with E-state index in [2.05, 4.69) is 15.1 Å². The number of carbonyl (C=O) groups excluding carboxylic acids is 1. The van der Waals surface area contributed by atoms with Crippen LogP contribution in [0.1, 0.15) is 70.6 Å². The van der Waals surface area contributed by atoms with E-state index in [1.165, 1.54) is 70.9 Å². The van der Waals surface area contributed by atoms with E-state index in [4.69, 9.17) is 0 Å². The first-order valence-corrected chi connectivity index (χ1v) is 9.62. The lowest BCUT2D eigenvalue weighted by Gasteiger charge is -2.40. The van der Waals surface area contributed by atoms with Gasteiger partial charge < -0.3 is 15.1 Å². The van der Waals surface area contributed by atoms with Gasteiger partial charge in [-0.2, -0.15) is 0 Å². The van der Waals surface area contributed by atoms with Gasteiger partial charge in [0.1, 0.15) is 0 Å². The molecule has 0 spiro atoms. The minimum Gasteiger partial charge on any atom is -0.335 e. The number of nitrogens with zero attached hydrogens (tertiary/aromatic N) is 2. The zero-order chi connectivity index (χ0) is 15.2. The number of likely N-dealkylation sites (tertiary alicyclic amines) is 2. The fraction of sp³-hybridized carbons (Fsp3) is 0.944. The highest BCUT2D eigenvalue weighted by atomic mass is 16.2. The predicted molar refractivity (Wildman–Crippen MR) is 90.0 cm³/mol. The van der Waals surface area contributed by atoms with Crippen molar-refractivity contribution in [1.29, 1.82) is 0 Å². The summed E-state index contributed by atoms with van der Waals surface area (Å²) in [5, 5.41) is 3.30. The van der Waals surface area contributed by atoms with E-state index in [0.717, 1.165) is 32.0 Å². The number of hydrogen-bond donors (Lipinski definition) is 1. The molecular weight excluding hydrogens is 274 g/mol. The second kappa shape index (κ2) is 8.19. The van der Waals surface area contributed by atoms with Crippen LogP contribution in [0.25, 0.3) is 0 Å². The molecule has 0 aromatic carbocycles. The van der Waals surface area contributed by atoms with Crippen molar-refractivity contribution < 1.29 is 4.79 Å². The van der Waals surface area contributed by atoms with Crippen molar-refractivity contribution >= 4 is 6.03 Å². The SMILES string of the molecule is O=C(NC1CCCCCC1)N1CCC(N2CCCCC2)CC1. The van der Waals surface area contributed by atoms with Crippen molar-refractivity contribution in [2.24, 2.45) is 0 Å². The van der Waals surface area contributed by atoms with E-state index in [1.807, 2.05) is 0 Å². The van der Waals surface area contributed by atoms with Gasteiger partial charge in [-0.1, -0.05) is 32.1 Å². The summed E-state index contributed by atoms with van der Waals surface area (Å²) in [5.41, 5.74) is 0. The van der Waals surface area contributed by atoms with Crippen LogP contribution in [0.3, 0.4) is 0 Å². The third-order valence-electron chi connectivity index (χ3n) is 5.84. The standard InChI is InChI=1S/C18H33N3O/c22-18(19-16-8-4-1-2-5-9-16)21-14-10-17(11-15-21)20-12-6-3-7-13-20/h16-17H,1-15H2,(H,19,22). The predicted octanol–water partition coefficient (Wildman–Crippen LogP) is 3.37. The van der Waals surface area contributed by atoms with Crippen LogP contribution in [-0.4, -0.2) is 54.1 Å². The summed E-state index contributed by atoms with van der Waals surface area (Å²) in [6, 6.07) is 1.35. The summed E-state index contributed by atoms with van der Waals surface area (Å²) >= 11 is 0. The van der Waals surface area contributed by atoms with Crippen LogP contribution < -0.4 is 5.32 Å². The Kier molecular flexibility index (Phi) is 5.99. The van der Waals surface area contributed by atoms with Crippen molar-refractivity contribution in [2.45, 2.75) is 82.7 Å². The summed E-state index contributed by atoms with van der Waals surface area (Å²) in [7, 11) is 0. The molecule has 4 nitrogen and oxygen atoms in total. The fourth-order valence-electron chi connectivity index (χ4n) is 4.41. The molecule has 2 amide bonds. The first kappa shape index (κ1) is 16.1. The summed E-state index contributed by atoms with van der Waals surface area (Å²) in [4.78, 5) is 17.2. The molecular formula is C18H33N3O. The molecule has 3 fully saturated rings. The van der Waals surface area contributed by atoms with E-state index in [1.54, 1.807) is 0 Å². The van der Waals surface area contributed by atoms with Crippen LogP contribution in [-0.2, 0) is 0 Å². The van der Waals surface area contributed by atoms with E-state index < -0.39 is 0 Å². The second-order valence-corrected chi connectivity index (χ2v) is 7.45. The number of piperidine rings is 2. The number of rotatable bonds is 2. The molecule has 0 radical (unpaired) electrons. The minimum atomic E-state index is 0.198. The average molecular weight is 307 g/mol. The van der Waals surface area contributed by atoms with Crippen LogP contribution in [0.2, 0.25) is 0 Å². The molecule has 0 aromatic rings. The highest BCUT2D eigenvalue weighted by molar-refractivity contribution is 5.74. The molecule has 0 unspecified atom stereocenters. The Morgan fingerprint density at radius 1 is 0.727 bits per heavy atom. The number of amides is 2. The second-order valence-electron chi connectivity index (χ2n) is 7.45. The van der Waals surface area contributed by atoms with Crippen LogP contribution >= 0.6 is 0 Å². The summed E-state index contributed by atoms with van der Waals surface area (Å²) in [6.45, 7) is 4.44. The van der Waals surface area contributed by atoms with E-state index >= 15 is 0 Å². The molecule has 3 rings (SSSR count). The zero-order valence-corrected chi connectivity index (χ0v) is 14.1. The Morgan fingerprint density at radius 3 is 1.95 bits per heavy atom. The van der Waals surface area contributed by atoms with Crippen molar-refractivity contribution in [3.63, 3.8) is 0 Å². The fourth-order valence-corrected chi connectivity index (χ4v) is 4.41. The van der Waals surface area contributed by atoms with Crippen molar-refractivity contribution in [1.82, 2.24) is 15.1 Å². The number of nitrogens with one attached hydrogen (secondary N) is 1. The van der Waals surface area contributed by atoms with Gasteiger partial charge in [-0.15, -0.1) is 0 Å². The Morgan fingerprint density at radius 2 is 1.32 bits per heavy atom. The summed E-state index contributed by atoms with van der Waals surface area (Å²) in [5.74, 6) is 0. The molecule has 0 atom stereocenters. The molecule has 1 N–H and O–H groups in total. The number of hydrogen-bond acceptors (Lipinski definition) is 2. The van der Waals surface area contributed by atoms with Gasteiger partial charge in [-0.3, -0.25) is 0 Å². The Balaban J connectivity index is 1.41. The Bertz CT molecular complexity index is 338. The van der Waals surface area contributed by atoms with Crippen molar-refractivity contribution in [3.05, 3.63) is 0 Å². The maximum absolute atomic E-state index is 12.5. The molecule has 2 aliphatic heterocycles. The lowest BCUT2D eigenvalue weighted by molar-refractivity contribution is 0.100. The van der Waals surface area contributed by atoms with Gasteiger partial charge in [0, 0.05) is 25.2 Å². The van der Waals surface area contributed by atoms with Crippen molar-refractivity contribution in [3.8, 4) is 0 Å². The molecule has 2 heterocycles. The molecule has 3 aliphatic rings. The quantitative estimate of drug-likeness (QED) is 0.794. The highest BCUT2D eigenvalue weighted by Crippen LogP contribution is 2.22. The Labute approximate surface area is 135 Å². The molecule has 1 aliphatic carbocycles. The van der Waals surface area contributed by atoms with E-state index in [0.29, 0.717) is 6.04 Å². The van der Waals surface area contributed by atoms with Gasteiger partial charge in [0.05, 0.1) is 0 Å². The largest absolute Gasteiger partial charge is 0.335 e.